The Kier molecular flexibility index (Phi) is 3.79. The Morgan fingerprint density at radius 3 is 2.92 bits per heavy atom. The summed E-state index contributed by atoms with van der Waals surface area (Å²) in [5.41, 5.74) is 2.67. The Morgan fingerprint density at radius 1 is 1.32 bits per heavy atom. The van der Waals surface area contributed by atoms with Gasteiger partial charge in [-0.25, -0.2) is 4.98 Å². The van der Waals surface area contributed by atoms with Crippen molar-refractivity contribution < 1.29 is 4.79 Å². The van der Waals surface area contributed by atoms with Crippen LogP contribution in [-0.2, 0) is 13.5 Å². The third kappa shape index (κ3) is 2.69. The Balaban J connectivity index is 1.57. The maximum atomic E-state index is 12.8. The highest BCUT2D eigenvalue weighted by Gasteiger charge is 2.30. The zero-order valence-electron chi connectivity index (χ0n) is 14.2. The Bertz CT molecular complexity index is 882. The molecule has 1 unspecified atom stereocenters. The van der Waals surface area contributed by atoms with Crippen LogP contribution in [0.2, 0.25) is 0 Å². The third-order valence-electron chi connectivity index (χ3n) is 4.77. The van der Waals surface area contributed by atoms with Crippen LogP contribution in [0.3, 0.4) is 0 Å². The van der Waals surface area contributed by atoms with Crippen molar-refractivity contribution in [1.29, 1.82) is 0 Å². The lowest BCUT2D eigenvalue weighted by Crippen LogP contribution is -2.34. The standard InChI is InChI=1S/C17H19N7O/c1-22(14-4-3-5-15-12(14)10-19-23(15)2)17(25)13-6-7-16(21-20-13)24-9-8-18-11-24/h6-11,14H,3-5H2,1-2H3. The van der Waals surface area contributed by atoms with Crippen LogP contribution in [0.1, 0.15) is 40.6 Å². The molecule has 1 atom stereocenters. The van der Waals surface area contributed by atoms with Gasteiger partial charge in [-0.3, -0.25) is 14.0 Å². The van der Waals surface area contributed by atoms with Crippen molar-refractivity contribution in [3.63, 3.8) is 0 Å². The zero-order chi connectivity index (χ0) is 17.4. The predicted octanol–water partition coefficient (Wildman–Crippen LogP) is 1.55. The molecule has 0 aliphatic heterocycles. The van der Waals surface area contributed by atoms with Gasteiger partial charge in [-0.05, 0) is 31.4 Å². The minimum Gasteiger partial charge on any atom is -0.333 e. The number of hydrogen-bond acceptors (Lipinski definition) is 5. The summed E-state index contributed by atoms with van der Waals surface area (Å²) in [6.07, 6.45) is 9.94. The lowest BCUT2D eigenvalue weighted by molar-refractivity contribution is 0.0707. The highest BCUT2D eigenvalue weighted by molar-refractivity contribution is 5.92. The second kappa shape index (κ2) is 6.12. The van der Waals surface area contributed by atoms with E-state index in [0.717, 1.165) is 24.8 Å². The number of aromatic nitrogens is 6. The Morgan fingerprint density at radius 2 is 2.20 bits per heavy atom. The second-order valence-electron chi connectivity index (χ2n) is 6.24. The number of aryl methyl sites for hydroxylation is 1. The molecule has 8 heteroatoms. The van der Waals surface area contributed by atoms with Crippen molar-refractivity contribution in [2.24, 2.45) is 7.05 Å². The highest BCUT2D eigenvalue weighted by Crippen LogP contribution is 2.33. The van der Waals surface area contributed by atoms with Crippen molar-refractivity contribution in [3.05, 3.63) is 54.0 Å². The monoisotopic (exact) mass is 337 g/mol. The fourth-order valence-electron chi connectivity index (χ4n) is 3.38. The van der Waals surface area contributed by atoms with Gasteiger partial charge in [-0.2, -0.15) is 5.10 Å². The normalized spacial score (nSPS) is 16.5. The average molecular weight is 337 g/mol. The molecule has 0 saturated carbocycles. The first kappa shape index (κ1) is 15.5. The smallest absolute Gasteiger partial charge is 0.274 e. The van der Waals surface area contributed by atoms with Crippen LogP contribution in [-0.4, -0.2) is 47.4 Å². The molecule has 8 nitrogen and oxygen atoms in total. The fraction of sp³-hybridized carbons (Fsp3) is 0.353. The molecule has 4 rings (SSSR count). The second-order valence-corrected chi connectivity index (χ2v) is 6.24. The lowest BCUT2D eigenvalue weighted by atomic mass is 9.92. The van der Waals surface area contributed by atoms with Crippen LogP contribution in [0.25, 0.3) is 5.82 Å². The minimum atomic E-state index is -0.133. The van der Waals surface area contributed by atoms with E-state index >= 15 is 0 Å². The van der Waals surface area contributed by atoms with E-state index < -0.39 is 0 Å². The van der Waals surface area contributed by atoms with E-state index in [1.54, 1.807) is 40.3 Å². The first-order valence-corrected chi connectivity index (χ1v) is 8.25. The first-order chi connectivity index (χ1) is 12.1. The van der Waals surface area contributed by atoms with Gasteiger partial charge in [0.25, 0.3) is 5.91 Å². The van der Waals surface area contributed by atoms with Gasteiger partial charge >= 0.3 is 0 Å². The summed E-state index contributed by atoms with van der Waals surface area (Å²) in [5.74, 6) is 0.496. The third-order valence-corrected chi connectivity index (χ3v) is 4.77. The van der Waals surface area contributed by atoms with Gasteiger partial charge in [-0.15, -0.1) is 10.2 Å². The van der Waals surface area contributed by atoms with Gasteiger partial charge in [0, 0.05) is 37.7 Å². The molecule has 0 aromatic carbocycles. The number of fused-ring (bicyclic) bond motifs is 1. The van der Waals surface area contributed by atoms with Gasteiger partial charge < -0.3 is 4.90 Å². The largest absolute Gasteiger partial charge is 0.333 e. The Labute approximate surface area is 145 Å². The van der Waals surface area contributed by atoms with Gasteiger partial charge in [-0.1, -0.05) is 0 Å². The first-order valence-electron chi connectivity index (χ1n) is 8.25. The van der Waals surface area contributed by atoms with E-state index in [2.05, 4.69) is 20.3 Å². The molecule has 0 spiro atoms. The summed E-state index contributed by atoms with van der Waals surface area (Å²) in [4.78, 5) is 18.6. The Hall–Kier alpha value is -3.03. The van der Waals surface area contributed by atoms with Crippen molar-refractivity contribution >= 4 is 5.91 Å². The molecule has 1 aliphatic rings. The van der Waals surface area contributed by atoms with Crippen molar-refractivity contribution in [3.8, 4) is 5.82 Å². The van der Waals surface area contributed by atoms with E-state index in [1.807, 2.05) is 25.0 Å². The van der Waals surface area contributed by atoms with Gasteiger partial charge in [0.05, 0.1) is 12.2 Å². The number of carbonyl (C=O) groups is 1. The quantitative estimate of drug-likeness (QED) is 0.724. The molecule has 0 bridgehead atoms. The number of nitrogens with zero attached hydrogens (tertiary/aromatic N) is 7. The molecule has 0 radical (unpaired) electrons. The molecule has 3 heterocycles. The predicted molar refractivity (Wildman–Crippen MR) is 90.1 cm³/mol. The zero-order valence-corrected chi connectivity index (χ0v) is 14.2. The van der Waals surface area contributed by atoms with Crippen LogP contribution in [0.5, 0.6) is 0 Å². The maximum absolute atomic E-state index is 12.8. The molecule has 25 heavy (non-hydrogen) atoms. The average Bonchev–Trinajstić information content (AvgIpc) is 3.31. The SMILES string of the molecule is CN(C(=O)c1ccc(-n2ccnc2)nn1)C1CCCc2c1cnn2C. The molecule has 128 valence electrons. The fourth-order valence-corrected chi connectivity index (χ4v) is 3.38. The molecular weight excluding hydrogens is 318 g/mol. The molecule has 1 amide bonds. The summed E-state index contributed by atoms with van der Waals surface area (Å²) in [7, 11) is 3.77. The van der Waals surface area contributed by atoms with Gasteiger partial charge in [0.1, 0.15) is 6.33 Å². The number of hydrogen-bond donors (Lipinski definition) is 0. The van der Waals surface area contributed by atoms with E-state index in [9.17, 15) is 4.79 Å². The van der Waals surface area contributed by atoms with Crippen molar-refractivity contribution in [1.82, 2.24) is 34.4 Å². The molecular formula is C17H19N7O. The van der Waals surface area contributed by atoms with Crippen molar-refractivity contribution in [2.45, 2.75) is 25.3 Å². The van der Waals surface area contributed by atoms with E-state index in [0.29, 0.717) is 11.5 Å². The van der Waals surface area contributed by atoms with Gasteiger partial charge in [0.2, 0.25) is 0 Å². The van der Waals surface area contributed by atoms with Crippen LogP contribution >= 0.6 is 0 Å². The number of imidazole rings is 1. The molecule has 3 aromatic rings. The van der Waals surface area contributed by atoms with Gasteiger partial charge in [0.15, 0.2) is 11.5 Å². The maximum Gasteiger partial charge on any atom is 0.274 e. The lowest BCUT2D eigenvalue weighted by Gasteiger charge is -2.31. The van der Waals surface area contributed by atoms with Crippen molar-refractivity contribution in [2.75, 3.05) is 7.05 Å². The van der Waals surface area contributed by atoms with Crippen LogP contribution < -0.4 is 0 Å². The molecule has 0 N–H and O–H groups in total. The minimum absolute atomic E-state index is 0.0278. The van der Waals surface area contributed by atoms with Crippen LogP contribution in [0.15, 0.2) is 37.1 Å². The van der Waals surface area contributed by atoms with Crippen LogP contribution in [0.4, 0.5) is 0 Å². The topological polar surface area (TPSA) is 81.7 Å². The van der Waals surface area contributed by atoms with Crippen LogP contribution in [0, 0.1) is 0 Å². The number of rotatable bonds is 3. The molecule has 3 aromatic heterocycles. The molecule has 0 saturated heterocycles. The molecule has 1 aliphatic carbocycles. The van der Waals surface area contributed by atoms with E-state index in [-0.39, 0.29) is 11.9 Å². The summed E-state index contributed by atoms with van der Waals surface area (Å²) in [5, 5.41) is 12.6. The highest BCUT2D eigenvalue weighted by atomic mass is 16.2. The summed E-state index contributed by atoms with van der Waals surface area (Å²) in [6, 6.07) is 3.50. The van der Waals surface area contributed by atoms with E-state index in [4.69, 9.17) is 0 Å². The number of carbonyl (C=O) groups excluding carboxylic acids is 1. The summed E-state index contributed by atoms with van der Waals surface area (Å²) >= 11 is 0. The number of amides is 1. The van der Waals surface area contributed by atoms with E-state index in [1.165, 1.54) is 5.69 Å². The summed E-state index contributed by atoms with van der Waals surface area (Å²) < 4.78 is 3.65. The summed E-state index contributed by atoms with van der Waals surface area (Å²) in [6.45, 7) is 0. The molecule has 0 fully saturated rings.